The van der Waals surface area contributed by atoms with Gasteiger partial charge in [0.1, 0.15) is 0 Å². The predicted octanol–water partition coefficient (Wildman–Crippen LogP) is 3.04. The maximum atomic E-state index is 13.1. The fraction of sp³-hybridized carbons (Fsp3) is 0.524. The summed E-state index contributed by atoms with van der Waals surface area (Å²) >= 11 is 0. The van der Waals surface area contributed by atoms with E-state index in [2.05, 4.69) is 14.8 Å². The molecule has 2 aromatic rings. The van der Waals surface area contributed by atoms with Crippen molar-refractivity contribution in [2.75, 3.05) is 33.7 Å². The first-order valence-electron chi connectivity index (χ1n) is 9.60. The summed E-state index contributed by atoms with van der Waals surface area (Å²) < 4.78 is 0. The van der Waals surface area contributed by atoms with Crippen LogP contribution in [-0.2, 0) is 6.54 Å². The second kappa shape index (κ2) is 8.60. The first kappa shape index (κ1) is 18.8. The molecular weight excluding hydrogens is 326 g/mol. The second-order valence-corrected chi connectivity index (χ2v) is 7.52. The Bertz CT molecular complexity index is 820. The maximum absolute atomic E-state index is 13.1. The van der Waals surface area contributed by atoms with Crippen LogP contribution in [0.3, 0.4) is 0 Å². The van der Waals surface area contributed by atoms with Gasteiger partial charge in [-0.05, 0) is 65.1 Å². The Labute approximate surface area is 155 Å². The molecule has 26 heavy (non-hydrogen) atoms. The summed E-state index contributed by atoms with van der Waals surface area (Å²) in [4.78, 5) is 33.6. The van der Waals surface area contributed by atoms with Crippen molar-refractivity contribution < 1.29 is 4.79 Å². The molecule has 1 aliphatic heterocycles. The molecule has 0 unspecified atom stereocenters. The van der Waals surface area contributed by atoms with Crippen LogP contribution in [0.15, 0.2) is 29.1 Å². The van der Waals surface area contributed by atoms with Crippen LogP contribution in [0.4, 0.5) is 0 Å². The molecule has 5 heteroatoms. The van der Waals surface area contributed by atoms with Crippen LogP contribution in [-0.4, -0.2) is 54.3 Å². The number of hydrogen-bond acceptors (Lipinski definition) is 4. The lowest BCUT2D eigenvalue weighted by Gasteiger charge is -2.27. The fourth-order valence-corrected chi connectivity index (χ4v) is 3.69. The quantitative estimate of drug-likeness (QED) is 0.776. The van der Waals surface area contributed by atoms with E-state index in [9.17, 15) is 9.59 Å². The number of nitrogens with one attached hydrogen (secondary N) is 1. The van der Waals surface area contributed by atoms with Gasteiger partial charge in [0.05, 0.1) is 5.69 Å². The van der Waals surface area contributed by atoms with Gasteiger partial charge in [-0.3, -0.25) is 14.5 Å². The van der Waals surface area contributed by atoms with Gasteiger partial charge in [0.15, 0.2) is 11.2 Å². The van der Waals surface area contributed by atoms with E-state index in [4.69, 9.17) is 0 Å². The summed E-state index contributed by atoms with van der Waals surface area (Å²) in [5.74, 6) is 0.0433. The molecule has 1 aromatic carbocycles. The van der Waals surface area contributed by atoms with Gasteiger partial charge in [-0.1, -0.05) is 18.6 Å². The molecule has 1 saturated heterocycles. The third kappa shape index (κ3) is 4.40. The van der Waals surface area contributed by atoms with Gasteiger partial charge in [0.2, 0.25) is 0 Å². The van der Waals surface area contributed by atoms with Crippen LogP contribution >= 0.6 is 0 Å². The number of nitrogens with zero attached hydrogens (tertiary/aromatic N) is 2. The van der Waals surface area contributed by atoms with E-state index in [1.165, 1.54) is 6.42 Å². The molecule has 0 aliphatic carbocycles. The van der Waals surface area contributed by atoms with Gasteiger partial charge in [0, 0.05) is 29.4 Å². The number of piperidine rings is 1. The predicted molar refractivity (Wildman–Crippen MR) is 106 cm³/mol. The van der Waals surface area contributed by atoms with Crippen molar-refractivity contribution >= 4 is 16.7 Å². The minimum absolute atomic E-state index is 0.000818. The highest BCUT2D eigenvalue weighted by atomic mass is 16.1. The van der Waals surface area contributed by atoms with E-state index in [1.807, 2.05) is 38.4 Å². The molecule has 1 fully saturated rings. The number of benzene rings is 1. The van der Waals surface area contributed by atoms with Crippen molar-refractivity contribution in [3.05, 3.63) is 45.7 Å². The van der Waals surface area contributed by atoms with Crippen LogP contribution in [0, 0.1) is 0 Å². The van der Waals surface area contributed by atoms with E-state index in [1.54, 1.807) is 0 Å². The largest absolute Gasteiger partial charge is 0.352 e. The van der Waals surface area contributed by atoms with Gasteiger partial charge < -0.3 is 9.88 Å². The van der Waals surface area contributed by atoms with E-state index in [0.717, 1.165) is 44.4 Å². The zero-order valence-corrected chi connectivity index (χ0v) is 15.9. The molecule has 1 aromatic heterocycles. The third-order valence-corrected chi connectivity index (χ3v) is 5.13. The summed E-state index contributed by atoms with van der Waals surface area (Å²) in [6.07, 6.45) is 4.83. The van der Waals surface area contributed by atoms with Crippen LogP contribution in [0.5, 0.6) is 0 Å². The number of ketones is 1. The lowest BCUT2D eigenvalue weighted by Crippen LogP contribution is -2.33. The molecule has 3 rings (SSSR count). The number of likely N-dealkylation sites (tertiary alicyclic amines) is 1. The van der Waals surface area contributed by atoms with E-state index in [-0.39, 0.29) is 11.2 Å². The summed E-state index contributed by atoms with van der Waals surface area (Å²) in [5.41, 5.74) is 1.90. The molecule has 0 bridgehead atoms. The minimum Gasteiger partial charge on any atom is -0.352 e. The second-order valence-electron chi connectivity index (χ2n) is 7.52. The van der Waals surface area contributed by atoms with Crippen LogP contribution in [0.2, 0.25) is 0 Å². The summed E-state index contributed by atoms with van der Waals surface area (Å²) in [6.45, 7) is 3.43. The molecule has 0 saturated carbocycles. The Morgan fingerprint density at radius 2 is 1.88 bits per heavy atom. The van der Waals surface area contributed by atoms with Crippen molar-refractivity contribution in [3.8, 4) is 0 Å². The Kier molecular flexibility index (Phi) is 6.22. The minimum atomic E-state index is 0.000818. The monoisotopic (exact) mass is 355 g/mol. The van der Waals surface area contributed by atoms with Gasteiger partial charge in [-0.15, -0.1) is 0 Å². The van der Waals surface area contributed by atoms with Gasteiger partial charge in [-0.25, -0.2) is 0 Å². The summed E-state index contributed by atoms with van der Waals surface area (Å²) in [5, 5.41) is 0.671. The van der Waals surface area contributed by atoms with E-state index < -0.39 is 0 Å². The number of Topliss-reactive ketones (excluding diaryl/α,β-unsaturated/α-hetero) is 1. The number of fused-ring (bicyclic) bond motifs is 1. The summed E-state index contributed by atoms with van der Waals surface area (Å²) in [7, 11) is 4.01. The Morgan fingerprint density at radius 1 is 1.15 bits per heavy atom. The van der Waals surface area contributed by atoms with Crippen LogP contribution in [0.25, 0.3) is 10.9 Å². The van der Waals surface area contributed by atoms with E-state index >= 15 is 0 Å². The molecule has 0 atom stereocenters. The average Bonchev–Trinajstić information content (AvgIpc) is 2.64. The smallest absolute Gasteiger partial charge is 0.194 e. The van der Waals surface area contributed by atoms with Crippen molar-refractivity contribution in [3.63, 3.8) is 0 Å². The van der Waals surface area contributed by atoms with Crippen molar-refractivity contribution in [1.82, 2.24) is 14.8 Å². The zero-order valence-electron chi connectivity index (χ0n) is 15.9. The SMILES string of the molecule is CN(C)CCCC(=O)c1[nH]c2ccccc2c(=O)c1CN1CCCCC1. The molecule has 2 heterocycles. The normalized spacial score (nSPS) is 15.7. The highest BCUT2D eigenvalue weighted by molar-refractivity contribution is 5.98. The number of H-pyrrole nitrogens is 1. The lowest BCUT2D eigenvalue weighted by molar-refractivity contribution is 0.0970. The van der Waals surface area contributed by atoms with Crippen molar-refractivity contribution in [1.29, 1.82) is 0 Å². The van der Waals surface area contributed by atoms with Crippen LogP contribution < -0.4 is 5.43 Å². The summed E-state index contributed by atoms with van der Waals surface area (Å²) in [6, 6.07) is 7.48. The Morgan fingerprint density at radius 3 is 2.62 bits per heavy atom. The van der Waals surface area contributed by atoms with Crippen molar-refractivity contribution in [2.45, 2.75) is 38.6 Å². The molecule has 140 valence electrons. The maximum Gasteiger partial charge on any atom is 0.194 e. The van der Waals surface area contributed by atoms with E-state index in [0.29, 0.717) is 29.6 Å². The molecule has 5 nitrogen and oxygen atoms in total. The third-order valence-electron chi connectivity index (χ3n) is 5.13. The average molecular weight is 355 g/mol. The number of carbonyl (C=O) groups is 1. The zero-order chi connectivity index (χ0) is 18.5. The topological polar surface area (TPSA) is 56.4 Å². The number of carbonyl (C=O) groups excluding carboxylic acids is 1. The molecule has 1 aliphatic rings. The molecular formula is C21H29N3O2. The molecule has 0 amide bonds. The molecule has 1 N–H and O–H groups in total. The first-order valence-corrected chi connectivity index (χ1v) is 9.60. The van der Waals surface area contributed by atoms with Gasteiger partial charge >= 0.3 is 0 Å². The lowest BCUT2D eigenvalue weighted by atomic mass is 10.0. The first-order chi connectivity index (χ1) is 12.6. The highest BCUT2D eigenvalue weighted by Crippen LogP contribution is 2.18. The van der Waals surface area contributed by atoms with Gasteiger partial charge in [-0.2, -0.15) is 0 Å². The number of aromatic amines is 1. The number of para-hydroxylation sites is 1. The molecule has 0 radical (unpaired) electrons. The number of hydrogen-bond donors (Lipinski definition) is 1. The number of aromatic nitrogens is 1. The Balaban J connectivity index is 1.94. The van der Waals surface area contributed by atoms with Gasteiger partial charge in [0.25, 0.3) is 0 Å². The molecule has 0 spiro atoms. The fourth-order valence-electron chi connectivity index (χ4n) is 3.69. The number of pyridine rings is 1. The highest BCUT2D eigenvalue weighted by Gasteiger charge is 2.21. The Hall–Kier alpha value is -1.98. The van der Waals surface area contributed by atoms with Crippen LogP contribution in [0.1, 0.15) is 48.2 Å². The standard InChI is InChI=1S/C21H29N3O2/c1-23(2)12-8-11-19(25)20-17(15-24-13-6-3-7-14-24)21(26)16-9-4-5-10-18(16)22-20/h4-5,9-10H,3,6-8,11-15H2,1-2H3,(H,22,26). The number of rotatable bonds is 7. The van der Waals surface area contributed by atoms with Crippen molar-refractivity contribution in [2.24, 2.45) is 0 Å².